The SMILES string of the molecule is CC(=O)CCc1c(OCc2ccccc2)ccc2c1oc(=O)c1c3ccc(OCc4ccccc4)cc3oc21. The zero-order chi connectivity index (χ0) is 26.8. The lowest BCUT2D eigenvalue weighted by Crippen LogP contribution is -2.05. The van der Waals surface area contributed by atoms with Crippen molar-refractivity contribution in [2.24, 2.45) is 0 Å². The summed E-state index contributed by atoms with van der Waals surface area (Å²) in [6.07, 6.45) is 0.674. The molecule has 2 aromatic heterocycles. The molecule has 6 aromatic rings. The largest absolute Gasteiger partial charge is 0.489 e. The van der Waals surface area contributed by atoms with Crippen LogP contribution in [-0.4, -0.2) is 5.78 Å². The number of rotatable bonds is 9. The average Bonchev–Trinajstić information content (AvgIpc) is 3.35. The van der Waals surface area contributed by atoms with Crippen molar-refractivity contribution in [1.29, 1.82) is 0 Å². The third kappa shape index (κ3) is 5.01. The lowest BCUT2D eigenvalue weighted by atomic mass is 10.0. The van der Waals surface area contributed by atoms with Crippen LogP contribution in [0.3, 0.4) is 0 Å². The van der Waals surface area contributed by atoms with Crippen LogP contribution < -0.4 is 15.1 Å². The smallest absolute Gasteiger partial charge is 0.348 e. The first-order chi connectivity index (χ1) is 19.1. The van der Waals surface area contributed by atoms with Gasteiger partial charge in [0.25, 0.3) is 0 Å². The zero-order valence-corrected chi connectivity index (χ0v) is 21.4. The average molecular weight is 519 g/mol. The summed E-state index contributed by atoms with van der Waals surface area (Å²) in [5.74, 6) is 1.25. The Hall–Kier alpha value is -4.84. The molecular formula is C33H26O6. The molecule has 4 aromatic carbocycles. The van der Waals surface area contributed by atoms with Crippen LogP contribution in [0.4, 0.5) is 0 Å². The van der Waals surface area contributed by atoms with Crippen LogP contribution in [0.5, 0.6) is 11.5 Å². The van der Waals surface area contributed by atoms with Crippen molar-refractivity contribution in [2.45, 2.75) is 33.0 Å². The number of hydrogen-bond donors (Lipinski definition) is 0. The van der Waals surface area contributed by atoms with Crippen molar-refractivity contribution >= 4 is 38.7 Å². The summed E-state index contributed by atoms with van der Waals surface area (Å²) in [6.45, 7) is 2.31. The standard InChI is InChI=1S/C33H26O6/c1-21(34)12-14-26-28(37-20-23-10-6-3-7-11-23)17-16-27-31(26)39-33(35)30-25-15-13-24(18-29(25)38-32(27)30)36-19-22-8-4-2-5-9-22/h2-11,13,15-18H,12,14,19-20H2,1H3. The third-order valence-electron chi connectivity index (χ3n) is 6.74. The number of carbonyl (C=O) groups is 1. The molecular weight excluding hydrogens is 492 g/mol. The minimum atomic E-state index is -0.501. The maximum absolute atomic E-state index is 13.3. The van der Waals surface area contributed by atoms with Crippen molar-refractivity contribution in [3.8, 4) is 11.5 Å². The van der Waals surface area contributed by atoms with E-state index in [1.54, 1.807) is 13.0 Å². The highest BCUT2D eigenvalue weighted by molar-refractivity contribution is 6.13. The number of hydrogen-bond acceptors (Lipinski definition) is 6. The predicted molar refractivity (Wildman–Crippen MR) is 150 cm³/mol. The van der Waals surface area contributed by atoms with E-state index in [9.17, 15) is 9.59 Å². The van der Waals surface area contributed by atoms with Gasteiger partial charge in [-0.05, 0) is 48.7 Å². The van der Waals surface area contributed by atoms with Gasteiger partial charge in [0.15, 0.2) is 5.58 Å². The molecule has 0 fully saturated rings. The van der Waals surface area contributed by atoms with Crippen LogP contribution in [0.25, 0.3) is 32.9 Å². The quantitative estimate of drug-likeness (QED) is 0.186. The van der Waals surface area contributed by atoms with Crippen molar-refractivity contribution in [3.63, 3.8) is 0 Å². The topological polar surface area (TPSA) is 78.9 Å². The van der Waals surface area contributed by atoms with Gasteiger partial charge in [-0.25, -0.2) is 4.79 Å². The monoisotopic (exact) mass is 518 g/mol. The summed E-state index contributed by atoms with van der Waals surface area (Å²) in [5.41, 5.74) is 3.58. The molecule has 0 aliphatic rings. The lowest BCUT2D eigenvalue weighted by molar-refractivity contribution is -0.116. The highest BCUT2D eigenvalue weighted by atomic mass is 16.5. The highest BCUT2D eigenvalue weighted by Gasteiger charge is 2.21. The van der Waals surface area contributed by atoms with Crippen LogP contribution in [0.2, 0.25) is 0 Å². The fourth-order valence-corrected chi connectivity index (χ4v) is 4.76. The van der Waals surface area contributed by atoms with Crippen LogP contribution >= 0.6 is 0 Å². The Balaban J connectivity index is 1.42. The van der Waals surface area contributed by atoms with E-state index in [1.165, 1.54) is 0 Å². The molecule has 0 amide bonds. The van der Waals surface area contributed by atoms with Gasteiger partial charge in [0, 0.05) is 23.4 Å². The fraction of sp³-hybridized carbons (Fsp3) is 0.152. The first-order valence-corrected chi connectivity index (χ1v) is 12.8. The fourth-order valence-electron chi connectivity index (χ4n) is 4.76. The van der Waals surface area contributed by atoms with Crippen molar-refractivity contribution in [2.75, 3.05) is 0 Å². The molecule has 2 heterocycles. The Morgan fingerprint density at radius 3 is 2.10 bits per heavy atom. The minimum Gasteiger partial charge on any atom is -0.489 e. The second-order valence-electron chi connectivity index (χ2n) is 9.52. The number of Topliss-reactive ketones (excluding diaryl/α,β-unsaturated/α-hetero) is 1. The van der Waals surface area contributed by atoms with Gasteiger partial charge < -0.3 is 23.1 Å². The van der Waals surface area contributed by atoms with Crippen LogP contribution in [0.1, 0.15) is 30.0 Å². The molecule has 0 aliphatic heterocycles. The summed E-state index contributed by atoms with van der Waals surface area (Å²) in [7, 11) is 0. The number of carbonyl (C=O) groups excluding carboxylic acids is 1. The Bertz CT molecular complexity index is 1850. The molecule has 0 saturated carbocycles. The second-order valence-corrected chi connectivity index (χ2v) is 9.52. The van der Waals surface area contributed by atoms with Gasteiger partial charge in [-0.2, -0.15) is 0 Å². The Morgan fingerprint density at radius 2 is 1.41 bits per heavy atom. The van der Waals surface area contributed by atoms with E-state index in [-0.39, 0.29) is 5.78 Å². The first-order valence-electron chi connectivity index (χ1n) is 12.8. The van der Waals surface area contributed by atoms with Gasteiger partial charge in [0.2, 0.25) is 0 Å². The molecule has 0 saturated heterocycles. The third-order valence-corrected chi connectivity index (χ3v) is 6.74. The molecule has 6 nitrogen and oxygen atoms in total. The molecule has 0 aliphatic carbocycles. The summed E-state index contributed by atoms with van der Waals surface area (Å²) in [4.78, 5) is 25.1. The van der Waals surface area contributed by atoms with Crippen molar-refractivity contribution in [1.82, 2.24) is 0 Å². The van der Waals surface area contributed by atoms with E-state index in [0.29, 0.717) is 76.0 Å². The van der Waals surface area contributed by atoms with Gasteiger partial charge in [0.05, 0.1) is 5.39 Å². The van der Waals surface area contributed by atoms with E-state index in [4.69, 9.17) is 18.3 Å². The number of benzene rings is 4. The lowest BCUT2D eigenvalue weighted by Gasteiger charge is -2.13. The Morgan fingerprint density at radius 1 is 0.744 bits per heavy atom. The van der Waals surface area contributed by atoms with Gasteiger partial charge in [-0.1, -0.05) is 60.7 Å². The Labute approximate surface area is 224 Å². The molecule has 0 unspecified atom stereocenters. The van der Waals surface area contributed by atoms with Gasteiger partial charge in [0.1, 0.15) is 47.0 Å². The predicted octanol–water partition coefficient (Wildman–Crippen LogP) is 7.37. The van der Waals surface area contributed by atoms with Gasteiger partial charge >= 0.3 is 5.63 Å². The minimum absolute atomic E-state index is 0.0382. The normalized spacial score (nSPS) is 11.3. The molecule has 6 rings (SSSR count). The van der Waals surface area contributed by atoms with E-state index in [2.05, 4.69) is 0 Å². The number of ketones is 1. The van der Waals surface area contributed by atoms with Crippen molar-refractivity contribution in [3.05, 3.63) is 118 Å². The number of fused-ring (bicyclic) bond motifs is 5. The summed E-state index contributed by atoms with van der Waals surface area (Å²) >= 11 is 0. The number of aryl methyl sites for hydroxylation is 1. The molecule has 0 atom stereocenters. The Kier molecular flexibility index (Phi) is 6.59. The van der Waals surface area contributed by atoms with Gasteiger partial charge in [-0.15, -0.1) is 0 Å². The molecule has 0 bridgehead atoms. The summed E-state index contributed by atoms with van der Waals surface area (Å²) in [6, 6.07) is 28.8. The van der Waals surface area contributed by atoms with E-state index >= 15 is 0 Å². The van der Waals surface area contributed by atoms with Gasteiger partial charge in [-0.3, -0.25) is 0 Å². The molecule has 194 valence electrons. The van der Waals surface area contributed by atoms with E-state index < -0.39 is 5.63 Å². The zero-order valence-electron chi connectivity index (χ0n) is 21.4. The molecule has 6 heteroatoms. The molecule has 0 spiro atoms. The maximum Gasteiger partial charge on any atom is 0.348 e. The van der Waals surface area contributed by atoms with Crippen LogP contribution in [0.15, 0.2) is 105 Å². The van der Waals surface area contributed by atoms with Crippen LogP contribution in [-0.2, 0) is 24.4 Å². The van der Waals surface area contributed by atoms with Crippen molar-refractivity contribution < 1.29 is 23.1 Å². The number of furan rings is 1. The summed E-state index contributed by atoms with van der Waals surface area (Å²) in [5, 5.41) is 1.68. The number of ether oxygens (including phenoxy) is 2. The van der Waals surface area contributed by atoms with Crippen LogP contribution in [0, 0.1) is 0 Å². The summed E-state index contributed by atoms with van der Waals surface area (Å²) < 4.78 is 24.2. The second kappa shape index (κ2) is 10.5. The molecule has 0 radical (unpaired) electrons. The highest BCUT2D eigenvalue weighted by Crippen LogP contribution is 2.37. The maximum atomic E-state index is 13.3. The van der Waals surface area contributed by atoms with E-state index in [0.717, 1.165) is 11.1 Å². The molecule has 0 N–H and O–H groups in total. The molecule has 39 heavy (non-hydrogen) atoms. The van der Waals surface area contributed by atoms with E-state index in [1.807, 2.05) is 84.9 Å². The first kappa shape index (κ1) is 24.5.